The van der Waals surface area contributed by atoms with E-state index in [1.54, 1.807) is 0 Å². The minimum Gasteiger partial charge on any atom is -0.508 e. The van der Waals surface area contributed by atoms with Crippen molar-refractivity contribution in [1.82, 2.24) is 9.55 Å². The molecule has 0 saturated heterocycles. The van der Waals surface area contributed by atoms with E-state index < -0.39 is 0 Å². The number of rotatable bonds is 4. The Balaban J connectivity index is 1.38. The van der Waals surface area contributed by atoms with Crippen molar-refractivity contribution >= 4 is 152 Å². The van der Waals surface area contributed by atoms with E-state index in [-0.39, 0.29) is 60.5 Å². The van der Waals surface area contributed by atoms with Gasteiger partial charge in [0.15, 0.2) is 0 Å². The zero-order chi connectivity index (χ0) is 35.9. The molecular formula is C39H17B9N2O. The van der Waals surface area contributed by atoms with Gasteiger partial charge in [-0.15, -0.1) is 27.3 Å². The number of nitrogens with zero attached hydrogens (tertiary/aromatic N) is 2. The van der Waals surface area contributed by atoms with Crippen molar-refractivity contribution in [2.75, 3.05) is 0 Å². The van der Waals surface area contributed by atoms with Crippen molar-refractivity contribution in [2.45, 2.75) is 0 Å². The van der Waals surface area contributed by atoms with Crippen LogP contribution in [0.25, 0.3) is 71.9 Å². The fraction of sp³-hybridized carbons (Fsp3) is 0. The lowest BCUT2D eigenvalue weighted by atomic mass is 9.59. The van der Waals surface area contributed by atoms with Crippen LogP contribution in [0.4, 0.5) is 0 Å². The van der Waals surface area contributed by atoms with Crippen LogP contribution in [0.3, 0.4) is 0 Å². The highest BCUT2D eigenvalue weighted by molar-refractivity contribution is 6.69. The van der Waals surface area contributed by atoms with Gasteiger partial charge >= 0.3 is 0 Å². The third kappa shape index (κ3) is 4.90. The van der Waals surface area contributed by atoms with Crippen LogP contribution in [0.2, 0.25) is 0 Å². The maximum Gasteiger partial charge on any atom is 0.148 e. The number of aromatic hydroxyl groups is 1. The Labute approximate surface area is 308 Å². The minimum atomic E-state index is -0.295. The molecule has 0 saturated carbocycles. The molecule has 1 N–H and O–H groups in total. The van der Waals surface area contributed by atoms with Gasteiger partial charge < -0.3 is 5.11 Å². The summed E-state index contributed by atoms with van der Waals surface area (Å²) >= 11 is 0. The molecule has 8 rings (SSSR count). The summed E-state index contributed by atoms with van der Waals surface area (Å²) < 4.78 is 1.90. The lowest BCUT2D eigenvalue weighted by Gasteiger charge is -2.25. The summed E-state index contributed by atoms with van der Waals surface area (Å²) in [7, 11) is 57.0. The van der Waals surface area contributed by atoms with Crippen LogP contribution in [0.1, 0.15) is 0 Å². The van der Waals surface area contributed by atoms with Crippen LogP contribution < -0.4 is 49.2 Å². The summed E-state index contributed by atoms with van der Waals surface area (Å²) in [4.78, 5) is 4.85. The van der Waals surface area contributed by atoms with Crippen LogP contribution in [-0.4, -0.2) is 85.3 Å². The fourth-order valence-electron chi connectivity index (χ4n) is 7.10. The first-order chi connectivity index (χ1) is 24.5. The smallest absolute Gasteiger partial charge is 0.148 e. The predicted molar refractivity (Wildman–Crippen MR) is 223 cm³/mol. The van der Waals surface area contributed by atoms with E-state index in [0.29, 0.717) is 16.9 Å². The molecule has 0 unspecified atom stereocenters. The molecule has 18 radical (unpaired) electrons. The number of imidazole rings is 1. The van der Waals surface area contributed by atoms with Gasteiger partial charge in [-0.1, -0.05) is 94.6 Å². The van der Waals surface area contributed by atoms with Crippen LogP contribution in [0, 0.1) is 0 Å². The highest BCUT2D eigenvalue weighted by Crippen LogP contribution is 2.43. The van der Waals surface area contributed by atoms with Gasteiger partial charge in [0.1, 0.15) is 82.2 Å². The van der Waals surface area contributed by atoms with E-state index >= 15 is 0 Å². The van der Waals surface area contributed by atoms with Crippen molar-refractivity contribution in [3.63, 3.8) is 0 Å². The molecule has 0 aliphatic rings. The van der Waals surface area contributed by atoms with E-state index in [9.17, 15) is 5.11 Å². The molecule has 3 nitrogen and oxygen atoms in total. The third-order valence-corrected chi connectivity index (χ3v) is 9.71. The third-order valence-electron chi connectivity index (χ3n) is 9.71. The molecule has 8 aromatic rings. The Morgan fingerprint density at radius 1 is 0.412 bits per heavy atom. The molecule has 51 heavy (non-hydrogen) atoms. The molecular weight excluding hydrogens is 610 g/mol. The summed E-state index contributed by atoms with van der Waals surface area (Å²) in [5, 5.41) is 14.9. The van der Waals surface area contributed by atoms with Gasteiger partial charge in [-0.05, 0) is 68.1 Å². The summed E-state index contributed by atoms with van der Waals surface area (Å²) in [6, 6.07) is 31.8. The molecule has 0 amide bonds. The lowest BCUT2D eigenvalue weighted by molar-refractivity contribution is 0.482. The van der Waals surface area contributed by atoms with Crippen molar-refractivity contribution in [2.24, 2.45) is 0 Å². The number of para-hydroxylation sites is 2. The van der Waals surface area contributed by atoms with Gasteiger partial charge in [0.25, 0.3) is 0 Å². The number of phenols is 1. The first kappa shape index (κ1) is 33.1. The molecule has 7 aromatic carbocycles. The van der Waals surface area contributed by atoms with E-state index in [1.807, 2.05) is 89.5 Å². The number of hydrogen-bond acceptors (Lipinski definition) is 2. The van der Waals surface area contributed by atoms with E-state index in [4.69, 9.17) is 75.6 Å². The second kappa shape index (κ2) is 12.3. The highest BCUT2D eigenvalue weighted by atomic mass is 16.3. The monoisotopic (exact) mass is 628 g/mol. The molecule has 0 atom stereocenters. The maximum absolute atomic E-state index is 11.2. The van der Waals surface area contributed by atoms with Gasteiger partial charge in [0.2, 0.25) is 0 Å². The SMILES string of the molecule is [B]c1c([B])c([B])c(-c2c3ccccc3c(-c3ccc(-n4c(-c5c([B])c([B])c([B])c([B])c5O)nc5ccccc54)cc3)c3ccccc23)c([B])c1[B]. The molecule has 0 bridgehead atoms. The number of phenolic OH excluding ortho intramolecular Hbond substituents is 1. The molecule has 12 heteroatoms. The summed E-state index contributed by atoms with van der Waals surface area (Å²) in [6.07, 6.45) is 0. The molecule has 0 spiro atoms. The quantitative estimate of drug-likeness (QED) is 0.205. The van der Waals surface area contributed by atoms with Gasteiger partial charge in [0.05, 0.1) is 16.6 Å². The van der Waals surface area contributed by atoms with E-state index in [2.05, 4.69) is 12.1 Å². The molecule has 1 aromatic heterocycles. The first-order valence-corrected chi connectivity index (χ1v) is 16.0. The minimum absolute atomic E-state index is 0.0138. The Morgan fingerprint density at radius 3 is 1.39 bits per heavy atom. The number of fused-ring (bicyclic) bond motifs is 3. The van der Waals surface area contributed by atoms with Gasteiger partial charge in [-0.25, -0.2) is 4.98 Å². The van der Waals surface area contributed by atoms with Gasteiger partial charge in [-0.3, -0.25) is 4.57 Å². The summed E-state index contributed by atoms with van der Waals surface area (Å²) in [5.41, 5.74) is 6.89. The fourth-order valence-corrected chi connectivity index (χ4v) is 7.10. The maximum atomic E-state index is 11.2. The largest absolute Gasteiger partial charge is 0.508 e. The second-order valence-electron chi connectivity index (χ2n) is 12.5. The van der Waals surface area contributed by atoms with E-state index in [0.717, 1.165) is 49.4 Å². The highest BCUT2D eigenvalue weighted by Gasteiger charge is 2.23. The molecule has 216 valence electrons. The number of benzene rings is 7. The average Bonchev–Trinajstić information content (AvgIpc) is 3.53. The van der Waals surface area contributed by atoms with Crippen molar-refractivity contribution < 1.29 is 5.11 Å². The Hall–Kier alpha value is -5.09. The molecule has 0 aliphatic heterocycles. The number of hydrogen-bond donors (Lipinski definition) is 1. The first-order valence-electron chi connectivity index (χ1n) is 16.0. The zero-order valence-corrected chi connectivity index (χ0v) is 27.3. The van der Waals surface area contributed by atoms with Gasteiger partial charge in [0, 0.05) is 5.69 Å². The standard InChI is InChI=1S/C39H17B9N2O/c40-29-27(30(41)33(44)35(46)32(29)43)26-21-9-3-1-7-19(21)25(20-8-2-4-10-22(20)26)17-13-15-18(16-14-17)50-24-12-6-5-11-23(24)49-39(50)28-31(42)34(45)36(47)37(48)38(28)51/h1-16,51H. The Kier molecular flexibility index (Phi) is 7.98. The van der Waals surface area contributed by atoms with Crippen molar-refractivity contribution in [1.29, 1.82) is 0 Å². The Bertz CT molecular complexity index is 2640. The van der Waals surface area contributed by atoms with Crippen molar-refractivity contribution in [3.8, 4) is 45.1 Å². The summed E-state index contributed by atoms with van der Waals surface area (Å²) in [5.74, 6) is 0.0612. The van der Waals surface area contributed by atoms with Crippen LogP contribution in [-0.2, 0) is 0 Å². The van der Waals surface area contributed by atoms with Crippen molar-refractivity contribution in [3.05, 3.63) is 97.1 Å². The lowest BCUT2D eigenvalue weighted by Crippen LogP contribution is -2.55. The number of aromatic nitrogens is 2. The second-order valence-corrected chi connectivity index (χ2v) is 12.5. The summed E-state index contributed by atoms with van der Waals surface area (Å²) in [6.45, 7) is 0. The van der Waals surface area contributed by atoms with Crippen LogP contribution >= 0.6 is 0 Å². The molecule has 0 aliphatic carbocycles. The molecule has 1 heterocycles. The van der Waals surface area contributed by atoms with Gasteiger partial charge in [-0.2, -0.15) is 0 Å². The average molecular weight is 627 g/mol. The van der Waals surface area contributed by atoms with Crippen LogP contribution in [0.15, 0.2) is 97.1 Å². The van der Waals surface area contributed by atoms with E-state index in [1.165, 1.54) is 0 Å². The normalized spacial score (nSPS) is 11.5. The topological polar surface area (TPSA) is 38.0 Å². The Morgan fingerprint density at radius 2 is 0.843 bits per heavy atom. The van der Waals surface area contributed by atoms with Crippen LogP contribution in [0.5, 0.6) is 5.75 Å². The zero-order valence-electron chi connectivity index (χ0n) is 27.3. The predicted octanol–water partition coefficient (Wildman–Crippen LogP) is -0.817. The molecule has 0 fully saturated rings.